The molecule has 126 valence electrons. The number of aromatic carboxylic acids is 1. The number of nitrogens with zero attached hydrogens (tertiary/aromatic N) is 2. The minimum absolute atomic E-state index is 0.0268. The van der Waals surface area contributed by atoms with Crippen molar-refractivity contribution in [2.45, 2.75) is 6.92 Å². The highest BCUT2D eigenvalue weighted by molar-refractivity contribution is 6.07. The molecule has 0 unspecified atom stereocenters. The topological polar surface area (TPSA) is 91.9 Å². The third kappa shape index (κ3) is 2.78. The number of fused-ring (bicyclic) bond motifs is 1. The SMILES string of the molecule is CC(=Nc1ccccc1C(=O)O)c1c(O)c2ccccc2n(C)c1=O. The Morgan fingerprint density at radius 1 is 1.08 bits per heavy atom. The Bertz CT molecular complexity index is 1080. The fraction of sp³-hybridized carbons (Fsp3) is 0.105. The second-order valence-corrected chi connectivity index (χ2v) is 5.62. The molecule has 0 atom stereocenters. The van der Waals surface area contributed by atoms with Crippen LogP contribution in [0.3, 0.4) is 0 Å². The van der Waals surface area contributed by atoms with Crippen LogP contribution in [0.2, 0.25) is 0 Å². The summed E-state index contributed by atoms with van der Waals surface area (Å²) in [4.78, 5) is 28.3. The van der Waals surface area contributed by atoms with E-state index in [1.807, 2.05) is 0 Å². The lowest BCUT2D eigenvalue weighted by molar-refractivity contribution is 0.0698. The number of aliphatic imine (C=N–C) groups is 1. The molecule has 0 aliphatic carbocycles. The zero-order valence-corrected chi connectivity index (χ0v) is 13.7. The van der Waals surface area contributed by atoms with E-state index in [0.29, 0.717) is 10.9 Å². The van der Waals surface area contributed by atoms with Gasteiger partial charge in [-0.05, 0) is 31.2 Å². The van der Waals surface area contributed by atoms with Gasteiger partial charge < -0.3 is 14.8 Å². The number of hydrogen-bond donors (Lipinski definition) is 2. The summed E-state index contributed by atoms with van der Waals surface area (Å²) in [6.07, 6.45) is 0. The number of aromatic hydroxyl groups is 1. The maximum atomic E-state index is 12.7. The highest BCUT2D eigenvalue weighted by Gasteiger charge is 2.17. The Balaban J connectivity index is 2.27. The summed E-state index contributed by atoms with van der Waals surface area (Å²) in [5.41, 5.74) is 0.762. The monoisotopic (exact) mass is 336 g/mol. The second-order valence-electron chi connectivity index (χ2n) is 5.62. The van der Waals surface area contributed by atoms with E-state index in [1.54, 1.807) is 56.4 Å². The Morgan fingerprint density at radius 3 is 2.44 bits per heavy atom. The van der Waals surface area contributed by atoms with Crippen molar-refractivity contribution in [1.29, 1.82) is 0 Å². The van der Waals surface area contributed by atoms with Gasteiger partial charge in [0, 0.05) is 12.4 Å². The van der Waals surface area contributed by atoms with Gasteiger partial charge in [0.05, 0.1) is 22.5 Å². The van der Waals surface area contributed by atoms with Gasteiger partial charge in [0.25, 0.3) is 5.56 Å². The maximum absolute atomic E-state index is 12.7. The van der Waals surface area contributed by atoms with Crippen molar-refractivity contribution in [2.24, 2.45) is 12.0 Å². The Kier molecular flexibility index (Phi) is 4.10. The number of aryl methyl sites for hydroxylation is 1. The summed E-state index contributed by atoms with van der Waals surface area (Å²) in [5.74, 6) is -1.27. The van der Waals surface area contributed by atoms with Crippen LogP contribution in [-0.4, -0.2) is 26.5 Å². The van der Waals surface area contributed by atoms with Crippen LogP contribution < -0.4 is 5.56 Å². The van der Waals surface area contributed by atoms with Crippen LogP contribution in [0.25, 0.3) is 10.9 Å². The molecule has 0 spiro atoms. The van der Waals surface area contributed by atoms with E-state index in [-0.39, 0.29) is 28.3 Å². The molecule has 1 aromatic heterocycles. The van der Waals surface area contributed by atoms with E-state index < -0.39 is 11.5 Å². The lowest BCUT2D eigenvalue weighted by Gasteiger charge is -2.12. The average molecular weight is 336 g/mol. The van der Waals surface area contributed by atoms with Gasteiger partial charge in [-0.15, -0.1) is 0 Å². The van der Waals surface area contributed by atoms with Crippen LogP contribution in [0, 0.1) is 0 Å². The lowest BCUT2D eigenvalue weighted by Crippen LogP contribution is -2.24. The molecular formula is C19H16N2O4. The highest BCUT2D eigenvalue weighted by Crippen LogP contribution is 2.27. The molecule has 0 saturated carbocycles. The van der Waals surface area contributed by atoms with Gasteiger partial charge in [0.1, 0.15) is 11.3 Å². The first-order valence-corrected chi connectivity index (χ1v) is 7.60. The van der Waals surface area contributed by atoms with E-state index in [9.17, 15) is 19.8 Å². The van der Waals surface area contributed by atoms with E-state index >= 15 is 0 Å². The minimum Gasteiger partial charge on any atom is -0.506 e. The van der Waals surface area contributed by atoms with Gasteiger partial charge in [-0.1, -0.05) is 24.3 Å². The number of para-hydroxylation sites is 2. The van der Waals surface area contributed by atoms with Gasteiger partial charge in [-0.3, -0.25) is 9.79 Å². The van der Waals surface area contributed by atoms with E-state index in [4.69, 9.17) is 0 Å². The normalized spacial score (nSPS) is 11.7. The zero-order chi connectivity index (χ0) is 18.1. The van der Waals surface area contributed by atoms with E-state index in [2.05, 4.69) is 4.99 Å². The minimum atomic E-state index is -1.11. The number of pyridine rings is 1. The van der Waals surface area contributed by atoms with Gasteiger partial charge in [-0.25, -0.2) is 4.79 Å². The lowest BCUT2D eigenvalue weighted by atomic mass is 10.1. The fourth-order valence-electron chi connectivity index (χ4n) is 2.79. The van der Waals surface area contributed by atoms with Gasteiger partial charge in [0.2, 0.25) is 0 Å². The van der Waals surface area contributed by atoms with Gasteiger partial charge in [0.15, 0.2) is 0 Å². The third-order valence-corrected chi connectivity index (χ3v) is 4.06. The highest BCUT2D eigenvalue weighted by atomic mass is 16.4. The molecule has 25 heavy (non-hydrogen) atoms. The van der Waals surface area contributed by atoms with Crippen LogP contribution in [-0.2, 0) is 7.05 Å². The molecule has 0 saturated heterocycles. The smallest absolute Gasteiger partial charge is 0.337 e. The van der Waals surface area contributed by atoms with Crippen LogP contribution in [0.5, 0.6) is 5.75 Å². The molecular weight excluding hydrogens is 320 g/mol. The zero-order valence-electron chi connectivity index (χ0n) is 13.7. The number of aromatic nitrogens is 1. The van der Waals surface area contributed by atoms with Crippen LogP contribution >= 0.6 is 0 Å². The van der Waals surface area contributed by atoms with Crippen molar-refractivity contribution in [1.82, 2.24) is 4.57 Å². The fourth-order valence-corrected chi connectivity index (χ4v) is 2.79. The number of carboxylic acids is 1. The molecule has 6 nitrogen and oxygen atoms in total. The largest absolute Gasteiger partial charge is 0.506 e. The second kappa shape index (κ2) is 6.24. The van der Waals surface area contributed by atoms with Crippen LogP contribution in [0.15, 0.2) is 58.3 Å². The number of benzene rings is 2. The van der Waals surface area contributed by atoms with Gasteiger partial charge in [-0.2, -0.15) is 0 Å². The van der Waals surface area contributed by atoms with Crippen molar-refractivity contribution in [3.8, 4) is 5.75 Å². The maximum Gasteiger partial charge on any atom is 0.337 e. The summed E-state index contributed by atoms with van der Waals surface area (Å²) >= 11 is 0. The van der Waals surface area contributed by atoms with Crippen molar-refractivity contribution in [3.63, 3.8) is 0 Å². The summed E-state index contributed by atoms with van der Waals surface area (Å²) < 4.78 is 1.44. The van der Waals surface area contributed by atoms with Crippen molar-refractivity contribution >= 4 is 28.3 Å². The number of carbonyl (C=O) groups is 1. The molecule has 2 N–H and O–H groups in total. The Morgan fingerprint density at radius 2 is 1.72 bits per heavy atom. The van der Waals surface area contributed by atoms with Crippen LogP contribution in [0.1, 0.15) is 22.8 Å². The molecule has 0 radical (unpaired) electrons. The third-order valence-electron chi connectivity index (χ3n) is 4.06. The molecule has 0 fully saturated rings. The first-order chi connectivity index (χ1) is 11.9. The first kappa shape index (κ1) is 16.4. The molecule has 2 aromatic carbocycles. The Hall–Kier alpha value is -3.41. The average Bonchev–Trinajstić information content (AvgIpc) is 2.60. The van der Waals surface area contributed by atoms with Gasteiger partial charge >= 0.3 is 5.97 Å². The summed E-state index contributed by atoms with van der Waals surface area (Å²) in [7, 11) is 1.62. The standard InChI is InChI=1S/C19H16N2O4/c1-11(20-14-9-5-3-7-12(14)19(24)25)16-17(22)13-8-4-6-10-15(13)21(2)18(16)23/h3-10,22H,1-2H3,(H,24,25). The van der Waals surface area contributed by atoms with E-state index in [1.165, 1.54) is 10.6 Å². The number of carboxylic acid groups (broad SMARTS) is 1. The quantitative estimate of drug-likeness (QED) is 0.719. The first-order valence-electron chi connectivity index (χ1n) is 7.60. The Labute approximate surface area is 143 Å². The number of rotatable bonds is 3. The number of hydrogen-bond acceptors (Lipinski definition) is 4. The molecule has 3 rings (SSSR count). The molecule has 0 aliphatic heterocycles. The van der Waals surface area contributed by atoms with Crippen molar-refractivity contribution in [3.05, 3.63) is 70.0 Å². The molecule has 0 amide bonds. The summed E-state index contributed by atoms with van der Waals surface area (Å²) in [5, 5.41) is 20.4. The summed E-state index contributed by atoms with van der Waals surface area (Å²) in [6, 6.07) is 13.3. The molecule has 1 heterocycles. The van der Waals surface area contributed by atoms with E-state index in [0.717, 1.165) is 0 Å². The molecule has 6 heteroatoms. The predicted molar refractivity (Wildman–Crippen MR) is 96.1 cm³/mol. The molecule has 3 aromatic rings. The molecule has 0 bridgehead atoms. The predicted octanol–water partition coefficient (Wildman–Crippen LogP) is 3.08. The van der Waals surface area contributed by atoms with Crippen molar-refractivity contribution in [2.75, 3.05) is 0 Å². The van der Waals surface area contributed by atoms with Crippen LogP contribution in [0.4, 0.5) is 5.69 Å². The van der Waals surface area contributed by atoms with Crippen molar-refractivity contribution < 1.29 is 15.0 Å². The summed E-state index contributed by atoms with van der Waals surface area (Å²) in [6.45, 7) is 1.57. The molecule has 0 aliphatic rings.